The van der Waals surface area contributed by atoms with Crippen LogP contribution in [-0.4, -0.2) is 26.5 Å². The molecule has 0 unspecified atom stereocenters. The summed E-state index contributed by atoms with van der Waals surface area (Å²) in [7, 11) is 0. The zero-order valence-corrected chi connectivity index (χ0v) is 16.2. The Labute approximate surface area is 168 Å². The highest BCUT2D eigenvalue weighted by molar-refractivity contribution is 5.90. The molecule has 0 atom stereocenters. The number of hydrogen-bond acceptors (Lipinski definition) is 4. The molecule has 29 heavy (non-hydrogen) atoms. The zero-order valence-electron chi connectivity index (χ0n) is 16.2. The average molecular weight is 379 g/mol. The molecule has 0 amide bonds. The molecule has 0 spiro atoms. The maximum absolute atomic E-state index is 4.82. The van der Waals surface area contributed by atoms with Crippen LogP contribution < -0.4 is 5.32 Å². The van der Waals surface area contributed by atoms with Gasteiger partial charge in [-0.2, -0.15) is 0 Å². The van der Waals surface area contributed by atoms with Crippen LogP contribution in [0.1, 0.15) is 11.1 Å². The Balaban J connectivity index is 1.45. The molecule has 2 N–H and O–H groups in total. The van der Waals surface area contributed by atoms with Crippen molar-refractivity contribution < 1.29 is 0 Å². The third-order valence-electron chi connectivity index (χ3n) is 5.10. The summed E-state index contributed by atoms with van der Waals surface area (Å²) in [5.41, 5.74) is 5.41. The fourth-order valence-corrected chi connectivity index (χ4v) is 3.67. The van der Waals surface area contributed by atoms with E-state index in [1.807, 2.05) is 37.5 Å². The zero-order chi connectivity index (χ0) is 19.6. The number of H-pyrrole nitrogens is 1. The Morgan fingerprint density at radius 1 is 0.931 bits per heavy atom. The summed E-state index contributed by atoms with van der Waals surface area (Å²) in [5, 5.41) is 5.83. The Morgan fingerprint density at radius 2 is 1.76 bits per heavy atom. The van der Waals surface area contributed by atoms with Gasteiger partial charge in [0.2, 0.25) is 0 Å². The van der Waals surface area contributed by atoms with E-state index < -0.39 is 0 Å². The first-order chi connectivity index (χ1) is 14.3. The van der Waals surface area contributed by atoms with Crippen molar-refractivity contribution in [3.8, 4) is 11.4 Å². The number of para-hydroxylation sites is 2. The van der Waals surface area contributed by atoms with Crippen LogP contribution in [0.4, 0.5) is 5.82 Å². The molecule has 0 aliphatic carbocycles. The summed E-state index contributed by atoms with van der Waals surface area (Å²) in [4.78, 5) is 17.2. The van der Waals surface area contributed by atoms with Gasteiger partial charge in [0.1, 0.15) is 5.82 Å². The molecule has 0 bridgehead atoms. The van der Waals surface area contributed by atoms with E-state index in [0.717, 1.165) is 40.8 Å². The van der Waals surface area contributed by atoms with Crippen molar-refractivity contribution in [3.05, 3.63) is 84.3 Å². The Hall–Kier alpha value is -3.73. The molecular weight excluding hydrogens is 358 g/mol. The van der Waals surface area contributed by atoms with Crippen LogP contribution in [0.3, 0.4) is 0 Å². The van der Waals surface area contributed by atoms with Crippen molar-refractivity contribution >= 4 is 27.6 Å². The van der Waals surface area contributed by atoms with Crippen LogP contribution in [0.5, 0.6) is 0 Å². The molecule has 5 rings (SSSR count). The minimum absolute atomic E-state index is 0.689. The van der Waals surface area contributed by atoms with E-state index in [1.165, 1.54) is 16.5 Å². The number of pyridine rings is 1. The van der Waals surface area contributed by atoms with Gasteiger partial charge in [0, 0.05) is 47.0 Å². The number of aromatic nitrogens is 4. The molecule has 3 heterocycles. The van der Waals surface area contributed by atoms with E-state index in [9.17, 15) is 0 Å². The molecule has 0 radical (unpaired) electrons. The van der Waals surface area contributed by atoms with Crippen LogP contribution in [-0.2, 0) is 6.42 Å². The fraction of sp³-hybridized carbons (Fsp3) is 0.125. The second-order valence-electron chi connectivity index (χ2n) is 7.20. The molecule has 0 fully saturated rings. The van der Waals surface area contributed by atoms with Crippen molar-refractivity contribution in [2.45, 2.75) is 13.3 Å². The largest absolute Gasteiger partial charge is 0.369 e. The van der Waals surface area contributed by atoms with Crippen molar-refractivity contribution in [2.75, 3.05) is 11.9 Å². The van der Waals surface area contributed by atoms with Gasteiger partial charge in [-0.1, -0.05) is 30.3 Å². The van der Waals surface area contributed by atoms with E-state index in [2.05, 4.69) is 57.9 Å². The Bertz CT molecular complexity index is 1310. The summed E-state index contributed by atoms with van der Waals surface area (Å²) < 4.78 is 0. The summed E-state index contributed by atoms with van der Waals surface area (Å²) in [6, 6.07) is 18.6. The number of aromatic amines is 1. The van der Waals surface area contributed by atoms with E-state index in [1.54, 1.807) is 0 Å². The lowest BCUT2D eigenvalue weighted by molar-refractivity contribution is 1.01. The van der Waals surface area contributed by atoms with Gasteiger partial charge in [-0.05, 0) is 48.7 Å². The first-order valence-electron chi connectivity index (χ1n) is 9.75. The quantitative estimate of drug-likeness (QED) is 0.444. The van der Waals surface area contributed by atoms with Gasteiger partial charge in [0.15, 0.2) is 5.82 Å². The Morgan fingerprint density at radius 3 is 2.66 bits per heavy atom. The summed E-state index contributed by atoms with van der Waals surface area (Å²) in [6.45, 7) is 2.81. The van der Waals surface area contributed by atoms with Crippen molar-refractivity contribution in [2.24, 2.45) is 0 Å². The van der Waals surface area contributed by atoms with Gasteiger partial charge in [-0.25, -0.2) is 9.97 Å². The number of nitrogens with zero attached hydrogens (tertiary/aromatic N) is 3. The van der Waals surface area contributed by atoms with Crippen LogP contribution in [0.25, 0.3) is 33.2 Å². The molecular formula is C24H21N5. The van der Waals surface area contributed by atoms with E-state index in [4.69, 9.17) is 9.97 Å². The van der Waals surface area contributed by atoms with Gasteiger partial charge in [-0.3, -0.25) is 4.98 Å². The van der Waals surface area contributed by atoms with Gasteiger partial charge < -0.3 is 10.3 Å². The third kappa shape index (κ3) is 3.43. The summed E-state index contributed by atoms with van der Waals surface area (Å²) in [5.74, 6) is 1.54. The van der Waals surface area contributed by atoms with Crippen molar-refractivity contribution in [3.63, 3.8) is 0 Å². The van der Waals surface area contributed by atoms with Crippen LogP contribution in [0.15, 0.2) is 73.2 Å². The summed E-state index contributed by atoms with van der Waals surface area (Å²) in [6.07, 6.45) is 6.65. The van der Waals surface area contributed by atoms with Gasteiger partial charge in [0.25, 0.3) is 0 Å². The number of fused-ring (bicyclic) bond motifs is 2. The van der Waals surface area contributed by atoms with Gasteiger partial charge in [-0.15, -0.1) is 0 Å². The SMILES string of the molecule is Cc1cncc(-c2nc(NCCc3c[nH]c4ccccc34)c3ccccc3n2)c1. The van der Waals surface area contributed by atoms with Crippen LogP contribution >= 0.6 is 0 Å². The molecule has 5 heteroatoms. The third-order valence-corrected chi connectivity index (χ3v) is 5.10. The number of hydrogen-bond donors (Lipinski definition) is 2. The minimum atomic E-state index is 0.689. The monoisotopic (exact) mass is 379 g/mol. The lowest BCUT2D eigenvalue weighted by atomic mass is 10.1. The predicted octanol–water partition coefficient (Wildman–Crippen LogP) is 5.14. The molecule has 0 saturated heterocycles. The maximum atomic E-state index is 4.82. The molecule has 3 aromatic heterocycles. The second kappa shape index (κ2) is 7.36. The molecule has 0 aliphatic rings. The highest BCUT2D eigenvalue weighted by atomic mass is 15.0. The van der Waals surface area contributed by atoms with Gasteiger partial charge in [0.05, 0.1) is 5.52 Å². The molecule has 0 aliphatic heterocycles. The normalized spacial score (nSPS) is 11.2. The van der Waals surface area contributed by atoms with Crippen molar-refractivity contribution in [1.82, 2.24) is 19.9 Å². The maximum Gasteiger partial charge on any atom is 0.163 e. The highest BCUT2D eigenvalue weighted by Crippen LogP contribution is 2.25. The summed E-state index contributed by atoms with van der Waals surface area (Å²) >= 11 is 0. The second-order valence-corrected chi connectivity index (χ2v) is 7.20. The number of rotatable bonds is 5. The molecule has 5 aromatic rings. The molecule has 142 valence electrons. The first kappa shape index (κ1) is 17.4. The molecule has 5 nitrogen and oxygen atoms in total. The first-order valence-corrected chi connectivity index (χ1v) is 9.75. The van der Waals surface area contributed by atoms with E-state index >= 15 is 0 Å². The lowest BCUT2D eigenvalue weighted by Crippen LogP contribution is -2.08. The molecule has 0 saturated carbocycles. The topological polar surface area (TPSA) is 66.5 Å². The number of anilines is 1. The number of nitrogens with one attached hydrogen (secondary N) is 2. The average Bonchev–Trinajstić information content (AvgIpc) is 3.17. The smallest absolute Gasteiger partial charge is 0.163 e. The minimum Gasteiger partial charge on any atom is -0.369 e. The fourth-order valence-electron chi connectivity index (χ4n) is 3.67. The van der Waals surface area contributed by atoms with Gasteiger partial charge >= 0.3 is 0 Å². The molecule has 2 aromatic carbocycles. The van der Waals surface area contributed by atoms with E-state index in [-0.39, 0.29) is 0 Å². The Kier molecular flexibility index (Phi) is 4.41. The van der Waals surface area contributed by atoms with Crippen molar-refractivity contribution in [1.29, 1.82) is 0 Å². The number of benzene rings is 2. The van der Waals surface area contributed by atoms with E-state index in [0.29, 0.717) is 5.82 Å². The van der Waals surface area contributed by atoms with Crippen LogP contribution in [0, 0.1) is 6.92 Å². The highest BCUT2D eigenvalue weighted by Gasteiger charge is 2.10. The lowest BCUT2D eigenvalue weighted by Gasteiger charge is -2.11. The predicted molar refractivity (Wildman–Crippen MR) is 118 cm³/mol. The number of aryl methyl sites for hydroxylation is 1. The van der Waals surface area contributed by atoms with Crippen LogP contribution in [0.2, 0.25) is 0 Å². The standard InChI is InChI=1S/C24H21N5/c1-16-12-18(14-25-13-16)23-28-22-9-5-3-7-20(22)24(29-23)26-11-10-17-15-27-21-8-4-2-6-19(17)21/h2-9,12-15,27H,10-11H2,1H3,(H,26,28,29).